The Morgan fingerprint density at radius 3 is 1.53 bits per heavy atom. The zero-order valence-electron chi connectivity index (χ0n) is 17.3. The van der Waals surface area contributed by atoms with Crippen molar-refractivity contribution < 1.29 is 50.0 Å². The zero-order valence-corrected chi connectivity index (χ0v) is 18.2. The third-order valence-corrected chi connectivity index (χ3v) is 6.33. The Hall–Kier alpha value is -1.19. The van der Waals surface area contributed by atoms with Gasteiger partial charge in [0.1, 0.15) is 0 Å². The minimum atomic E-state index is -3.87. The summed E-state index contributed by atoms with van der Waals surface area (Å²) in [6, 6.07) is 0. The molecule has 0 N–H and O–H groups in total. The maximum absolute atomic E-state index is 12.9. The number of rotatable bonds is 6. The smallest absolute Gasteiger partial charge is 0.466 e. The normalized spacial score (nSPS) is 21.8. The molecule has 0 saturated heterocycles. The summed E-state index contributed by atoms with van der Waals surface area (Å²) >= 11 is 0. The van der Waals surface area contributed by atoms with Crippen molar-refractivity contribution in [3.8, 4) is 0 Å². The molecule has 2 saturated carbocycles. The van der Waals surface area contributed by atoms with Gasteiger partial charge in [0.05, 0.1) is 18.4 Å². The number of phosphoric acid groups is 1. The average Bonchev–Trinajstić information content (AvgIpc) is 2.68. The highest BCUT2D eigenvalue weighted by Gasteiger charge is 2.40. The van der Waals surface area contributed by atoms with E-state index in [2.05, 4.69) is 13.6 Å². The summed E-state index contributed by atoms with van der Waals surface area (Å²) in [5.41, 5.74) is 0. The Morgan fingerprint density at radius 1 is 0.833 bits per heavy atom. The molecule has 7 nitrogen and oxygen atoms in total. The predicted molar refractivity (Wildman–Crippen MR) is 98.2 cm³/mol. The van der Waals surface area contributed by atoms with Gasteiger partial charge in [-0.1, -0.05) is 0 Å². The van der Waals surface area contributed by atoms with Crippen LogP contribution in [0.2, 0.25) is 0 Å². The molecule has 2 aliphatic rings. The summed E-state index contributed by atoms with van der Waals surface area (Å²) < 4.78 is 80.8. The second-order valence-corrected chi connectivity index (χ2v) is 9.04. The molecule has 0 amide bonds. The van der Waals surface area contributed by atoms with Crippen molar-refractivity contribution in [1.82, 2.24) is 0 Å². The van der Waals surface area contributed by atoms with E-state index in [0.717, 1.165) is 14.2 Å². The Bertz CT molecular complexity index is 602. The van der Waals surface area contributed by atoms with Gasteiger partial charge in [0, 0.05) is 39.9 Å². The van der Waals surface area contributed by atoms with Gasteiger partial charge in [0.25, 0.3) is 0 Å². The van der Waals surface area contributed by atoms with Gasteiger partial charge < -0.3 is 9.26 Å². The van der Waals surface area contributed by atoms with E-state index >= 15 is 0 Å². The molecule has 0 aliphatic heterocycles. The molecule has 2 rings (SSSR count). The molecule has 0 unspecified atom stereocenters. The van der Waals surface area contributed by atoms with E-state index in [1.807, 2.05) is 0 Å². The molecule has 0 aromatic carbocycles. The minimum Gasteiger partial charge on any atom is -0.466 e. The van der Waals surface area contributed by atoms with E-state index in [9.17, 15) is 31.7 Å². The minimum absolute atomic E-state index is 0.0132. The SMILES string of the molecule is CCOC(=O)C1CCC(F)(F)CC1.COP(=O)(OC)OC(=O)C1CCC(F)(F)CC1. The number of carbonyl (C=O) groups excluding carboxylic acids is 2. The van der Waals surface area contributed by atoms with Gasteiger partial charge in [-0.25, -0.2) is 22.1 Å². The van der Waals surface area contributed by atoms with Crippen molar-refractivity contribution >= 4 is 19.8 Å². The van der Waals surface area contributed by atoms with Gasteiger partial charge >= 0.3 is 19.8 Å². The number of carbonyl (C=O) groups is 2. The zero-order chi connectivity index (χ0) is 23.0. The number of alkyl halides is 4. The molecule has 0 spiro atoms. The van der Waals surface area contributed by atoms with Crippen LogP contribution in [0.15, 0.2) is 0 Å². The highest BCUT2D eigenvalue weighted by atomic mass is 31.2. The molecule has 0 aromatic heterocycles. The Morgan fingerprint density at radius 2 is 1.20 bits per heavy atom. The largest absolute Gasteiger partial charge is 0.531 e. The molecule has 0 bridgehead atoms. The maximum atomic E-state index is 12.9. The van der Waals surface area contributed by atoms with E-state index in [4.69, 9.17) is 4.74 Å². The molecule has 0 aromatic rings. The predicted octanol–water partition coefficient (Wildman–Crippen LogP) is 5.13. The van der Waals surface area contributed by atoms with Crippen LogP contribution in [0.25, 0.3) is 0 Å². The lowest BCUT2D eigenvalue weighted by atomic mass is 9.87. The van der Waals surface area contributed by atoms with Crippen molar-refractivity contribution in [1.29, 1.82) is 0 Å². The van der Waals surface area contributed by atoms with Crippen LogP contribution in [0, 0.1) is 11.8 Å². The van der Waals surface area contributed by atoms with Crippen LogP contribution in [-0.4, -0.2) is 44.6 Å². The fraction of sp³-hybridized carbons (Fsp3) is 0.889. The number of hydrogen-bond donors (Lipinski definition) is 0. The van der Waals surface area contributed by atoms with Crippen LogP contribution in [-0.2, 0) is 32.5 Å². The van der Waals surface area contributed by atoms with E-state index in [1.165, 1.54) is 0 Å². The Labute approximate surface area is 173 Å². The number of hydrogen-bond acceptors (Lipinski definition) is 7. The first-order chi connectivity index (χ1) is 13.9. The summed E-state index contributed by atoms with van der Waals surface area (Å²) in [5.74, 6) is -7.40. The highest BCUT2D eigenvalue weighted by molar-refractivity contribution is 7.49. The molecule has 30 heavy (non-hydrogen) atoms. The van der Waals surface area contributed by atoms with Gasteiger partial charge in [-0.2, -0.15) is 0 Å². The van der Waals surface area contributed by atoms with Crippen LogP contribution >= 0.6 is 7.82 Å². The quantitative estimate of drug-likeness (QED) is 0.306. The van der Waals surface area contributed by atoms with Gasteiger partial charge in [0.15, 0.2) is 0 Å². The fourth-order valence-corrected chi connectivity index (χ4v) is 3.81. The summed E-state index contributed by atoms with van der Waals surface area (Å²) in [4.78, 5) is 22.7. The van der Waals surface area contributed by atoms with Crippen LogP contribution in [0.3, 0.4) is 0 Å². The van der Waals surface area contributed by atoms with Crippen molar-refractivity contribution in [2.75, 3.05) is 20.8 Å². The second kappa shape index (κ2) is 11.4. The molecule has 0 heterocycles. The molecule has 0 radical (unpaired) electrons. The van der Waals surface area contributed by atoms with Crippen LogP contribution in [0.4, 0.5) is 17.6 Å². The third kappa shape index (κ3) is 8.89. The first-order valence-corrected chi connectivity index (χ1v) is 11.2. The van der Waals surface area contributed by atoms with Crippen molar-refractivity contribution in [2.24, 2.45) is 11.8 Å². The Kier molecular flexibility index (Phi) is 10.2. The van der Waals surface area contributed by atoms with E-state index < -0.39 is 31.6 Å². The lowest BCUT2D eigenvalue weighted by molar-refractivity contribution is -0.152. The van der Waals surface area contributed by atoms with Crippen molar-refractivity contribution in [2.45, 2.75) is 70.1 Å². The van der Waals surface area contributed by atoms with Gasteiger partial charge in [-0.3, -0.25) is 18.6 Å². The number of halogens is 4. The monoisotopic (exact) mass is 464 g/mol. The van der Waals surface area contributed by atoms with E-state index in [-0.39, 0.29) is 63.3 Å². The molecule has 0 atom stereocenters. The summed E-state index contributed by atoms with van der Waals surface area (Å²) in [5, 5.41) is 0. The van der Waals surface area contributed by atoms with Crippen molar-refractivity contribution in [3.05, 3.63) is 0 Å². The topological polar surface area (TPSA) is 88.1 Å². The van der Waals surface area contributed by atoms with Crippen LogP contribution < -0.4 is 0 Å². The van der Waals surface area contributed by atoms with E-state index in [0.29, 0.717) is 6.61 Å². The number of esters is 1. The maximum Gasteiger partial charge on any atom is 0.531 e. The first kappa shape index (κ1) is 26.8. The fourth-order valence-electron chi connectivity index (χ4n) is 3.15. The van der Waals surface area contributed by atoms with Gasteiger partial charge in [-0.15, -0.1) is 0 Å². The molecule has 176 valence electrons. The van der Waals surface area contributed by atoms with E-state index in [1.54, 1.807) is 6.92 Å². The standard InChI is InChI=1S/C9H15F2O5P.C9H14F2O2/c1-14-17(13,15-2)16-8(12)7-3-5-9(10,11)6-4-7;1-2-13-8(12)7-3-5-9(10,11)6-4-7/h7H,3-6H2,1-2H3;7H,2-6H2,1H3. The Balaban J connectivity index is 0.000000311. The molecule has 2 aliphatic carbocycles. The third-order valence-electron chi connectivity index (χ3n) is 5.04. The number of ether oxygens (including phenoxy) is 1. The van der Waals surface area contributed by atoms with Gasteiger partial charge in [-0.05, 0) is 32.6 Å². The second-order valence-electron chi connectivity index (χ2n) is 7.24. The molecule has 2 fully saturated rings. The molecular weight excluding hydrogens is 435 g/mol. The summed E-state index contributed by atoms with van der Waals surface area (Å²) in [6.45, 7) is 2.04. The first-order valence-electron chi connectivity index (χ1n) is 9.74. The lowest BCUT2D eigenvalue weighted by Gasteiger charge is -2.27. The molecule has 12 heteroatoms. The lowest BCUT2D eigenvalue weighted by Crippen LogP contribution is -2.29. The summed E-state index contributed by atoms with van der Waals surface area (Å²) in [6.07, 6.45) is -0.558. The summed E-state index contributed by atoms with van der Waals surface area (Å²) in [7, 11) is -1.72. The van der Waals surface area contributed by atoms with Crippen LogP contribution in [0.5, 0.6) is 0 Å². The molecular formula is C18H29F4O7P. The average molecular weight is 464 g/mol. The van der Waals surface area contributed by atoms with Gasteiger partial charge in [0.2, 0.25) is 11.8 Å². The van der Waals surface area contributed by atoms with Crippen LogP contribution in [0.1, 0.15) is 58.3 Å². The number of phosphoric ester groups is 1. The highest BCUT2D eigenvalue weighted by Crippen LogP contribution is 2.49. The van der Waals surface area contributed by atoms with Crippen molar-refractivity contribution in [3.63, 3.8) is 0 Å².